The summed E-state index contributed by atoms with van der Waals surface area (Å²) < 4.78 is 27.9. The predicted octanol–water partition coefficient (Wildman–Crippen LogP) is 4.50. The van der Waals surface area contributed by atoms with Gasteiger partial charge in [-0.3, -0.25) is 4.79 Å². The molecule has 4 nitrogen and oxygen atoms in total. The van der Waals surface area contributed by atoms with Gasteiger partial charge in [-0.25, -0.2) is 8.78 Å². The van der Waals surface area contributed by atoms with Crippen molar-refractivity contribution in [2.75, 3.05) is 13.1 Å². The Labute approximate surface area is 159 Å². The lowest BCUT2D eigenvalue weighted by Crippen LogP contribution is -2.39. The Bertz CT molecular complexity index is 975. The fourth-order valence-corrected chi connectivity index (χ4v) is 4.31. The molecule has 1 atom stereocenters. The van der Waals surface area contributed by atoms with Crippen LogP contribution < -0.4 is 0 Å². The van der Waals surface area contributed by atoms with Gasteiger partial charge in [0.2, 0.25) is 0 Å². The Hall–Kier alpha value is -2.67. The Morgan fingerprint density at radius 2 is 1.78 bits per heavy atom. The topological polar surface area (TPSA) is 46.1 Å². The van der Waals surface area contributed by atoms with Gasteiger partial charge >= 0.3 is 0 Å². The predicted molar refractivity (Wildman–Crippen MR) is 99.6 cm³/mol. The van der Waals surface area contributed by atoms with Crippen molar-refractivity contribution in [3.8, 4) is 10.6 Å². The van der Waals surface area contributed by atoms with Crippen molar-refractivity contribution in [2.45, 2.75) is 18.8 Å². The molecule has 1 amide bonds. The number of benzene rings is 2. The highest BCUT2D eigenvalue weighted by Crippen LogP contribution is 2.34. The third kappa shape index (κ3) is 3.60. The van der Waals surface area contributed by atoms with E-state index in [4.69, 9.17) is 0 Å². The maximum Gasteiger partial charge on any atom is 0.256 e. The first-order chi connectivity index (χ1) is 13.1. The first-order valence-corrected chi connectivity index (χ1v) is 9.57. The molecule has 0 spiro atoms. The summed E-state index contributed by atoms with van der Waals surface area (Å²) in [5.41, 5.74) is 0.513. The van der Waals surface area contributed by atoms with Crippen LogP contribution in [-0.4, -0.2) is 34.1 Å². The normalized spacial score (nSPS) is 17.1. The van der Waals surface area contributed by atoms with Crippen LogP contribution in [0.3, 0.4) is 0 Å². The number of halogens is 2. The summed E-state index contributed by atoms with van der Waals surface area (Å²) in [7, 11) is 0. The Morgan fingerprint density at radius 1 is 1.04 bits per heavy atom. The molecule has 1 saturated heterocycles. The molecule has 1 unspecified atom stereocenters. The minimum absolute atomic E-state index is 0.0208. The summed E-state index contributed by atoms with van der Waals surface area (Å²) in [6.45, 7) is 1.04. The number of rotatable bonds is 3. The van der Waals surface area contributed by atoms with Crippen molar-refractivity contribution in [2.24, 2.45) is 0 Å². The Balaban J connectivity index is 1.53. The van der Waals surface area contributed by atoms with Gasteiger partial charge in [0, 0.05) is 24.6 Å². The van der Waals surface area contributed by atoms with Crippen LogP contribution in [0.1, 0.15) is 34.1 Å². The smallest absolute Gasteiger partial charge is 0.256 e. The molecule has 27 heavy (non-hydrogen) atoms. The van der Waals surface area contributed by atoms with E-state index in [1.807, 2.05) is 0 Å². The van der Waals surface area contributed by atoms with Gasteiger partial charge in [0.25, 0.3) is 5.91 Å². The molecule has 0 bridgehead atoms. The molecule has 138 valence electrons. The van der Waals surface area contributed by atoms with E-state index in [1.165, 1.54) is 29.5 Å². The quantitative estimate of drug-likeness (QED) is 0.667. The van der Waals surface area contributed by atoms with E-state index in [0.29, 0.717) is 23.7 Å². The van der Waals surface area contributed by atoms with Gasteiger partial charge in [-0.15, -0.1) is 10.2 Å². The zero-order valence-electron chi connectivity index (χ0n) is 14.4. The number of carbonyl (C=O) groups excluding carboxylic acids is 1. The molecule has 4 rings (SSSR count). The van der Waals surface area contributed by atoms with Gasteiger partial charge in [-0.05, 0) is 37.1 Å². The molecule has 0 N–H and O–H groups in total. The van der Waals surface area contributed by atoms with E-state index in [9.17, 15) is 13.6 Å². The van der Waals surface area contributed by atoms with E-state index < -0.39 is 5.82 Å². The van der Waals surface area contributed by atoms with Crippen molar-refractivity contribution in [3.63, 3.8) is 0 Å². The summed E-state index contributed by atoms with van der Waals surface area (Å²) in [5, 5.41) is 9.67. The lowest BCUT2D eigenvalue weighted by Gasteiger charge is -2.31. The fourth-order valence-electron chi connectivity index (χ4n) is 3.31. The van der Waals surface area contributed by atoms with Crippen molar-refractivity contribution < 1.29 is 13.6 Å². The Kier molecular flexibility index (Phi) is 4.94. The molecule has 0 saturated carbocycles. The number of aromatic nitrogens is 2. The highest BCUT2D eigenvalue weighted by Gasteiger charge is 2.29. The minimum Gasteiger partial charge on any atom is -0.338 e. The number of piperidine rings is 1. The summed E-state index contributed by atoms with van der Waals surface area (Å²) in [6.07, 6.45) is 1.67. The molecule has 1 aromatic heterocycles. The van der Waals surface area contributed by atoms with E-state index >= 15 is 0 Å². The van der Waals surface area contributed by atoms with Gasteiger partial charge < -0.3 is 4.90 Å². The van der Waals surface area contributed by atoms with Crippen LogP contribution in [0, 0.1) is 11.6 Å². The second-order valence-corrected chi connectivity index (χ2v) is 7.50. The van der Waals surface area contributed by atoms with Gasteiger partial charge in [0.15, 0.2) is 5.01 Å². The molecular weight excluding hydrogens is 368 g/mol. The average Bonchev–Trinajstić information content (AvgIpc) is 3.18. The molecule has 2 heterocycles. The highest BCUT2D eigenvalue weighted by atomic mass is 32.1. The molecule has 3 aromatic rings. The SMILES string of the molecule is O=C(c1ccccc1F)N1CCCC(c2nnc(-c3ccccc3F)s2)C1. The van der Waals surface area contributed by atoms with Gasteiger partial charge in [0.05, 0.1) is 5.56 Å². The molecule has 0 aliphatic carbocycles. The second kappa shape index (κ2) is 7.52. The summed E-state index contributed by atoms with van der Waals surface area (Å²) in [5.74, 6) is -1.13. The summed E-state index contributed by atoms with van der Waals surface area (Å²) in [6, 6.07) is 12.5. The van der Waals surface area contributed by atoms with Crippen LogP contribution in [-0.2, 0) is 0 Å². The van der Waals surface area contributed by atoms with E-state index in [-0.39, 0.29) is 23.2 Å². The Morgan fingerprint density at radius 3 is 2.56 bits per heavy atom. The zero-order chi connectivity index (χ0) is 18.8. The highest BCUT2D eigenvalue weighted by molar-refractivity contribution is 7.14. The van der Waals surface area contributed by atoms with Crippen LogP contribution in [0.4, 0.5) is 8.78 Å². The van der Waals surface area contributed by atoms with Gasteiger partial charge in [-0.2, -0.15) is 0 Å². The number of hydrogen-bond acceptors (Lipinski definition) is 4. The molecule has 1 fully saturated rings. The third-order valence-electron chi connectivity index (χ3n) is 4.71. The molecular formula is C20H17F2N3OS. The largest absolute Gasteiger partial charge is 0.338 e. The van der Waals surface area contributed by atoms with Crippen LogP contribution in [0.25, 0.3) is 10.6 Å². The monoisotopic (exact) mass is 385 g/mol. The minimum atomic E-state index is -0.512. The number of carbonyl (C=O) groups is 1. The lowest BCUT2D eigenvalue weighted by molar-refractivity contribution is 0.0702. The van der Waals surface area contributed by atoms with Crippen molar-refractivity contribution in [3.05, 3.63) is 70.7 Å². The standard InChI is InChI=1S/C20H17F2N3OS/c21-16-9-3-1-7-14(16)19-24-23-18(27-19)13-6-5-11-25(12-13)20(26)15-8-2-4-10-17(15)22/h1-4,7-10,13H,5-6,11-12H2. The van der Waals surface area contributed by atoms with Crippen molar-refractivity contribution >= 4 is 17.2 Å². The van der Waals surface area contributed by atoms with Crippen LogP contribution >= 0.6 is 11.3 Å². The number of likely N-dealkylation sites (tertiary alicyclic amines) is 1. The third-order valence-corrected chi connectivity index (χ3v) is 5.83. The molecule has 7 heteroatoms. The number of amides is 1. The van der Waals surface area contributed by atoms with Crippen LogP contribution in [0.2, 0.25) is 0 Å². The first-order valence-electron chi connectivity index (χ1n) is 8.75. The molecule has 1 aliphatic heterocycles. The summed E-state index contributed by atoms with van der Waals surface area (Å²) >= 11 is 1.35. The summed E-state index contributed by atoms with van der Waals surface area (Å²) in [4.78, 5) is 14.3. The van der Waals surface area contributed by atoms with Crippen LogP contribution in [0.15, 0.2) is 48.5 Å². The number of hydrogen-bond donors (Lipinski definition) is 0. The molecule has 0 radical (unpaired) electrons. The number of nitrogens with zero attached hydrogens (tertiary/aromatic N) is 3. The average molecular weight is 385 g/mol. The molecule has 1 aliphatic rings. The fraction of sp³-hybridized carbons (Fsp3) is 0.250. The zero-order valence-corrected chi connectivity index (χ0v) is 15.3. The van der Waals surface area contributed by atoms with E-state index in [1.54, 1.807) is 35.2 Å². The van der Waals surface area contributed by atoms with E-state index in [2.05, 4.69) is 10.2 Å². The van der Waals surface area contributed by atoms with Crippen molar-refractivity contribution in [1.29, 1.82) is 0 Å². The van der Waals surface area contributed by atoms with Gasteiger partial charge in [-0.1, -0.05) is 35.6 Å². The second-order valence-electron chi connectivity index (χ2n) is 6.50. The van der Waals surface area contributed by atoms with Crippen molar-refractivity contribution in [1.82, 2.24) is 15.1 Å². The van der Waals surface area contributed by atoms with Crippen LogP contribution in [0.5, 0.6) is 0 Å². The maximum absolute atomic E-state index is 14.0. The van der Waals surface area contributed by atoms with E-state index in [0.717, 1.165) is 17.8 Å². The maximum atomic E-state index is 14.0. The molecule has 2 aromatic carbocycles. The lowest BCUT2D eigenvalue weighted by atomic mass is 9.98. The first kappa shape index (κ1) is 17.7. The van der Waals surface area contributed by atoms with Gasteiger partial charge in [0.1, 0.15) is 16.6 Å².